The van der Waals surface area contributed by atoms with Crippen molar-refractivity contribution in [2.75, 3.05) is 19.4 Å². The zero-order valence-electron chi connectivity index (χ0n) is 18.4. The zero-order valence-corrected chi connectivity index (χ0v) is 20.0. The molecule has 0 unspecified atom stereocenters. The standard InChI is InChI=1S/C24H31ClN2O3S/c1-4-15-26-24(29)22(5-2)27(17-18-6-10-20(30-3)11-7-18)23(28)14-16-31-21-12-8-19(25)9-13-21/h6-13,22H,4-5,14-17H2,1-3H3,(H,26,29)/t22-/m1/s1. The van der Waals surface area contributed by atoms with Crippen LogP contribution in [0.3, 0.4) is 0 Å². The number of amides is 2. The Labute approximate surface area is 194 Å². The van der Waals surface area contributed by atoms with Crippen molar-refractivity contribution < 1.29 is 14.3 Å². The lowest BCUT2D eigenvalue weighted by molar-refractivity contribution is -0.141. The average molecular weight is 463 g/mol. The topological polar surface area (TPSA) is 58.6 Å². The first-order valence-electron chi connectivity index (χ1n) is 10.6. The number of hydrogen-bond donors (Lipinski definition) is 1. The molecule has 0 aliphatic heterocycles. The Morgan fingerprint density at radius 3 is 2.35 bits per heavy atom. The second-order valence-electron chi connectivity index (χ2n) is 7.14. The van der Waals surface area contributed by atoms with Crippen LogP contribution in [0.1, 0.15) is 38.7 Å². The van der Waals surface area contributed by atoms with Crippen molar-refractivity contribution in [2.45, 2.75) is 50.6 Å². The number of rotatable bonds is 12. The molecule has 2 aromatic rings. The summed E-state index contributed by atoms with van der Waals surface area (Å²) in [6, 6.07) is 14.7. The molecule has 7 heteroatoms. The fourth-order valence-corrected chi connectivity index (χ4v) is 4.11. The van der Waals surface area contributed by atoms with Crippen LogP contribution in [0.5, 0.6) is 5.75 Å². The van der Waals surface area contributed by atoms with Gasteiger partial charge in [-0.2, -0.15) is 0 Å². The van der Waals surface area contributed by atoms with E-state index in [0.29, 0.717) is 36.7 Å². The summed E-state index contributed by atoms with van der Waals surface area (Å²) in [6.45, 7) is 4.93. The van der Waals surface area contributed by atoms with Crippen molar-refractivity contribution in [2.24, 2.45) is 0 Å². The molecule has 0 saturated carbocycles. The highest BCUT2D eigenvalue weighted by Crippen LogP contribution is 2.22. The number of methoxy groups -OCH3 is 1. The molecule has 0 saturated heterocycles. The third-order valence-corrected chi connectivity index (χ3v) is 6.11. The van der Waals surface area contributed by atoms with Gasteiger partial charge < -0.3 is 15.0 Å². The Morgan fingerprint density at radius 1 is 1.10 bits per heavy atom. The molecule has 0 radical (unpaired) electrons. The second-order valence-corrected chi connectivity index (χ2v) is 8.74. The third-order valence-electron chi connectivity index (χ3n) is 4.85. The van der Waals surface area contributed by atoms with E-state index >= 15 is 0 Å². The molecule has 0 spiro atoms. The van der Waals surface area contributed by atoms with Gasteiger partial charge >= 0.3 is 0 Å². The minimum absolute atomic E-state index is 0.0317. The Kier molecular flexibility index (Phi) is 10.7. The van der Waals surface area contributed by atoms with Crippen LogP contribution in [-0.2, 0) is 16.1 Å². The molecule has 0 aromatic heterocycles. The number of benzene rings is 2. The molecule has 1 N–H and O–H groups in total. The molecule has 0 bridgehead atoms. The van der Waals surface area contributed by atoms with E-state index in [1.54, 1.807) is 23.8 Å². The molecule has 0 fully saturated rings. The van der Waals surface area contributed by atoms with E-state index in [-0.39, 0.29) is 11.8 Å². The van der Waals surface area contributed by atoms with Gasteiger partial charge in [0.1, 0.15) is 11.8 Å². The average Bonchev–Trinajstić information content (AvgIpc) is 2.79. The highest BCUT2D eigenvalue weighted by Gasteiger charge is 2.28. The van der Waals surface area contributed by atoms with Crippen LogP contribution in [0.2, 0.25) is 5.02 Å². The molecule has 168 valence electrons. The number of halogens is 1. The van der Waals surface area contributed by atoms with E-state index in [4.69, 9.17) is 16.3 Å². The number of nitrogens with one attached hydrogen (secondary N) is 1. The summed E-state index contributed by atoms with van der Waals surface area (Å²) in [5.74, 6) is 1.26. The maximum absolute atomic E-state index is 13.2. The second kappa shape index (κ2) is 13.3. The Morgan fingerprint density at radius 2 is 1.77 bits per heavy atom. The van der Waals surface area contributed by atoms with Crippen LogP contribution in [0.15, 0.2) is 53.4 Å². The Hall–Kier alpha value is -2.18. The maximum Gasteiger partial charge on any atom is 0.242 e. The van der Waals surface area contributed by atoms with Crippen LogP contribution in [-0.4, -0.2) is 42.2 Å². The first-order chi connectivity index (χ1) is 15.0. The van der Waals surface area contributed by atoms with E-state index in [9.17, 15) is 9.59 Å². The number of thioether (sulfide) groups is 1. The van der Waals surface area contributed by atoms with Gasteiger partial charge in [-0.25, -0.2) is 0 Å². The first kappa shape index (κ1) is 25.1. The van der Waals surface area contributed by atoms with Crippen molar-refractivity contribution in [1.29, 1.82) is 0 Å². The van der Waals surface area contributed by atoms with Crippen LogP contribution >= 0.6 is 23.4 Å². The number of carbonyl (C=O) groups excluding carboxylic acids is 2. The molecular weight excluding hydrogens is 432 g/mol. The van der Waals surface area contributed by atoms with Crippen molar-refractivity contribution in [1.82, 2.24) is 10.2 Å². The summed E-state index contributed by atoms with van der Waals surface area (Å²) in [6.07, 6.45) is 1.76. The van der Waals surface area contributed by atoms with Gasteiger partial charge in [0.15, 0.2) is 0 Å². The molecule has 2 amide bonds. The number of nitrogens with zero attached hydrogens (tertiary/aromatic N) is 1. The Balaban J connectivity index is 2.10. The lowest BCUT2D eigenvalue weighted by atomic mass is 10.1. The molecule has 2 aromatic carbocycles. The van der Waals surface area contributed by atoms with E-state index in [2.05, 4.69) is 5.32 Å². The maximum atomic E-state index is 13.2. The summed E-state index contributed by atoms with van der Waals surface area (Å²) in [5, 5.41) is 3.63. The highest BCUT2D eigenvalue weighted by atomic mass is 35.5. The predicted molar refractivity (Wildman–Crippen MR) is 128 cm³/mol. The molecule has 0 heterocycles. The third kappa shape index (κ3) is 8.11. The first-order valence-corrected chi connectivity index (χ1v) is 11.9. The van der Waals surface area contributed by atoms with Gasteiger partial charge in [0.2, 0.25) is 11.8 Å². The predicted octanol–water partition coefficient (Wildman–Crippen LogP) is 5.16. The molecule has 31 heavy (non-hydrogen) atoms. The largest absolute Gasteiger partial charge is 0.497 e. The highest BCUT2D eigenvalue weighted by molar-refractivity contribution is 7.99. The number of hydrogen-bond acceptors (Lipinski definition) is 4. The fourth-order valence-electron chi connectivity index (χ4n) is 3.14. The summed E-state index contributed by atoms with van der Waals surface area (Å²) in [7, 11) is 1.62. The van der Waals surface area contributed by atoms with Gasteiger partial charge in [-0.3, -0.25) is 9.59 Å². The molecule has 0 aliphatic rings. The summed E-state index contributed by atoms with van der Waals surface area (Å²) in [4.78, 5) is 28.7. The van der Waals surface area contributed by atoms with Gasteiger partial charge in [-0.15, -0.1) is 11.8 Å². The van der Waals surface area contributed by atoms with Gasteiger partial charge in [0.25, 0.3) is 0 Å². The van der Waals surface area contributed by atoms with E-state index in [1.165, 1.54) is 0 Å². The van der Waals surface area contributed by atoms with Gasteiger partial charge in [-0.05, 0) is 54.8 Å². The molecule has 0 aliphatic carbocycles. The SMILES string of the molecule is CCCNC(=O)[C@@H](CC)N(Cc1ccc(OC)cc1)C(=O)CCSc1ccc(Cl)cc1. The van der Waals surface area contributed by atoms with Crippen molar-refractivity contribution in [3.63, 3.8) is 0 Å². The van der Waals surface area contributed by atoms with Crippen LogP contribution in [0.4, 0.5) is 0 Å². The quantitative estimate of drug-likeness (QED) is 0.442. The molecular formula is C24H31ClN2O3S. The number of ether oxygens (including phenoxy) is 1. The zero-order chi connectivity index (χ0) is 22.6. The van der Waals surface area contributed by atoms with E-state index in [0.717, 1.165) is 22.6 Å². The fraction of sp³-hybridized carbons (Fsp3) is 0.417. The summed E-state index contributed by atoms with van der Waals surface area (Å²) in [5.41, 5.74) is 0.959. The van der Waals surface area contributed by atoms with Crippen LogP contribution in [0, 0.1) is 0 Å². The van der Waals surface area contributed by atoms with E-state index < -0.39 is 6.04 Å². The van der Waals surface area contributed by atoms with Gasteiger partial charge in [0.05, 0.1) is 7.11 Å². The minimum Gasteiger partial charge on any atom is -0.497 e. The Bertz CT molecular complexity index is 828. The lowest BCUT2D eigenvalue weighted by Gasteiger charge is -2.30. The van der Waals surface area contributed by atoms with Gasteiger partial charge in [-0.1, -0.05) is 37.6 Å². The van der Waals surface area contributed by atoms with Crippen molar-refractivity contribution in [3.8, 4) is 5.75 Å². The van der Waals surface area contributed by atoms with E-state index in [1.807, 2.05) is 62.4 Å². The molecule has 2 rings (SSSR count). The normalized spacial score (nSPS) is 11.6. The molecule has 1 atom stereocenters. The molecule has 5 nitrogen and oxygen atoms in total. The monoisotopic (exact) mass is 462 g/mol. The van der Waals surface area contributed by atoms with Crippen LogP contribution in [0.25, 0.3) is 0 Å². The van der Waals surface area contributed by atoms with Crippen molar-refractivity contribution in [3.05, 3.63) is 59.1 Å². The minimum atomic E-state index is -0.498. The van der Waals surface area contributed by atoms with Crippen LogP contribution < -0.4 is 10.1 Å². The smallest absolute Gasteiger partial charge is 0.242 e. The van der Waals surface area contributed by atoms with Crippen molar-refractivity contribution >= 4 is 35.2 Å². The van der Waals surface area contributed by atoms with Gasteiger partial charge in [0, 0.05) is 35.2 Å². The lowest BCUT2D eigenvalue weighted by Crippen LogP contribution is -2.49. The summed E-state index contributed by atoms with van der Waals surface area (Å²) < 4.78 is 5.22. The number of carbonyl (C=O) groups is 2. The summed E-state index contributed by atoms with van der Waals surface area (Å²) >= 11 is 7.54.